The number of hydrogen-bond acceptors (Lipinski definition) is 5. The first kappa shape index (κ1) is 20.0. The lowest BCUT2D eigenvalue weighted by Gasteiger charge is -2.32. The first-order valence-corrected chi connectivity index (χ1v) is 11.8. The molecule has 0 atom stereocenters. The fourth-order valence-electron chi connectivity index (χ4n) is 3.43. The van der Waals surface area contributed by atoms with Crippen molar-refractivity contribution in [3.8, 4) is 5.75 Å². The number of likely N-dealkylation sites (tertiary alicyclic amines) is 1. The van der Waals surface area contributed by atoms with Crippen molar-refractivity contribution >= 4 is 29.0 Å². The van der Waals surface area contributed by atoms with Crippen LogP contribution in [0.2, 0.25) is 0 Å². The Morgan fingerprint density at radius 1 is 1.10 bits per heavy atom. The molecule has 1 amide bonds. The summed E-state index contributed by atoms with van der Waals surface area (Å²) in [5.41, 5.74) is 3.70. The Bertz CT molecular complexity index is 908. The van der Waals surface area contributed by atoms with E-state index in [0.29, 0.717) is 12.5 Å². The van der Waals surface area contributed by atoms with Crippen molar-refractivity contribution in [1.82, 2.24) is 9.88 Å². The van der Waals surface area contributed by atoms with Gasteiger partial charge >= 0.3 is 0 Å². The van der Waals surface area contributed by atoms with Crippen molar-refractivity contribution in [2.45, 2.75) is 23.5 Å². The molecule has 0 radical (unpaired) electrons. The Labute approximate surface area is 179 Å². The lowest BCUT2D eigenvalue weighted by Crippen LogP contribution is -2.39. The van der Waals surface area contributed by atoms with Gasteiger partial charge in [-0.3, -0.25) is 4.79 Å². The van der Waals surface area contributed by atoms with Crippen LogP contribution >= 0.6 is 23.1 Å². The number of hydrogen-bond donors (Lipinski definition) is 0. The van der Waals surface area contributed by atoms with E-state index in [1.807, 2.05) is 65.0 Å². The molecular formula is C23H24N2O2S2. The quantitative estimate of drug-likeness (QED) is 0.479. The number of carbonyl (C=O) groups is 1. The van der Waals surface area contributed by atoms with E-state index < -0.39 is 0 Å². The van der Waals surface area contributed by atoms with Crippen molar-refractivity contribution < 1.29 is 9.53 Å². The second-order valence-corrected chi connectivity index (χ2v) is 8.86. The smallest absolute Gasteiger partial charge is 0.254 e. The Morgan fingerprint density at radius 2 is 1.86 bits per heavy atom. The summed E-state index contributed by atoms with van der Waals surface area (Å²) in [5, 5.41) is 2.06. The number of amides is 1. The third kappa shape index (κ3) is 5.40. The van der Waals surface area contributed by atoms with E-state index in [-0.39, 0.29) is 5.91 Å². The lowest BCUT2D eigenvalue weighted by molar-refractivity contribution is 0.0657. The van der Waals surface area contributed by atoms with Gasteiger partial charge in [-0.05, 0) is 43.0 Å². The molecule has 1 aliphatic heterocycles. The fourth-order valence-corrected chi connectivity index (χ4v) is 5.04. The minimum Gasteiger partial charge on any atom is -0.493 e. The van der Waals surface area contributed by atoms with Crippen LogP contribution in [-0.4, -0.2) is 35.5 Å². The molecule has 4 nitrogen and oxygen atoms in total. The molecule has 1 aliphatic rings. The number of carbonyl (C=O) groups excluding carboxylic acids is 1. The van der Waals surface area contributed by atoms with E-state index in [1.165, 1.54) is 0 Å². The average molecular weight is 425 g/mol. The number of benzene rings is 2. The van der Waals surface area contributed by atoms with Gasteiger partial charge in [0.2, 0.25) is 0 Å². The minimum atomic E-state index is 0.133. The van der Waals surface area contributed by atoms with Crippen LogP contribution in [0.1, 0.15) is 28.9 Å². The van der Waals surface area contributed by atoms with Crippen LogP contribution in [0.4, 0.5) is 0 Å². The van der Waals surface area contributed by atoms with E-state index in [9.17, 15) is 4.79 Å². The predicted octanol–water partition coefficient (Wildman–Crippen LogP) is 5.37. The summed E-state index contributed by atoms with van der Waals surface area (Å²) >= 11 is 3.28. The van der Waals surface area contributed by atoms with E-state index in [4.69, 9.17) is 4.74 Å². The predicted molar refractivity (Wildman–Crippen MR) is 119 cm³/mol. The minimum absolute atomic E-state index is 0.133. The molecule has 2 aromatic carbocycles. The van der Waals surface area contributed by atoms with Gasteiger partial charge in [0, 0.05) is 29.1 Å². The Morgan fingerprint density at radius 3 is 2.62 bits per heavy atom. The van der Waals surface area contributed by atoms with Gasteiger partial charge < -0.3 is 9.64 Å². The molecule has 1 saturated heterocycles. The normalized spacial score (nSPS) is 14.7. The summed E-state index contributed by atoms with van der Waals surface area (Å²) in [6.45, 7) is 2.28. The van der Waals surface area contributed by atoms with Gasteiger partial charge in [-0.1, -0.05) is 30.3 Å². The molecule has 29 heavy (non-hydrogen) atoms. The molecule has 0 aliphatic carbocycles. The Balaban J connectivity index is 1.31. The highest BCUT2D eigenvalue weighted by Gasteiger charge is 2.25. The van der Waals surface area contributed by atoms with Crippen molar-refractivity contribution in [3.63, 3.8) is 0 Å². The molecule has 4 rings (SSSR count). The number of para-hydroxylation sites is 1. The van der Waals surface area contributed by atoms with Crippen LogP contribution < -0.4 is 4.74 Å². The zero-order chi connectivity index (χ0) is 19.9. The molecular weight excluding hydrogens is 400 g/mol. The van der Waals surface area contributed by atoms with Crippen molar-refractivity contribution in [2.24, 2.45) is 5.92 Å². The summed E-state index contributed by atoms with van der Waals surface area (Å²) in [4.78, 5) is 20.5. The van der Waals surface area contributed by atoms with Crippen LogP contribution in [0.25, 0.3) is 0 Å². The lowest BCUT2D eigenvalue weighted by atomic mass is 9.97. The van der Waals surface area contributed by atoms with E-state index >= 15 is 0 Å². The standard InChI is InChI=1S/C23H24N2O2S2/c26-23(21-8-4-5-9-22(21)29-16-19-15-28-17-24-19)25-12-10-18(11-13-25)14-27-20-6-2-1-3-7-20/h1-9,15,17-18H,10-14,16H2. The highest BCUT2D eigenvalue weighted by Crippen LogP contribution is 2.28. The average Bonchev–Trinajstić information content (AvgIpc) is 3.31. The first-order valence-electron chi connectivity index (χ1n) is 9.85. The molecule has 0 saturated carbocycles. The third-order valence-electron chi connectivity index (χ3n) is 5.11. The van der Waals surface area contributed by atoms with Crippen LogP contribution in [0.5, 0.6) is 5.75 Å². The summed E-state index contributed by atoms with van der Waals surface area (Å²) in [6.07, 6.45) is 1.96. The molecule has 0 N–H and O–H groups in total. The number of thioether (sulfide) groups is 1. The third-order valence-corrected chi connectivity index (χ3v) is 6.85. The monoisotopic (exact) mass is 424 g/mol. The van der Waals surface area contributed by atoms with Gasteiger partial charge in [-0.15, -0.1) is 23.1 Å². The Hall–Kier alpha value is -2.31. The van der Waals surface area contributed by atoms with Gasteiger partial charge in [0.05, 0.1) is 23.4 Å². The van der Waals surface area contributed by atoms with Gasteiger partial charge in [0.15, 0.2) is 0 Å². The SMILES string of the molecule is O=C(c1ccccc1SCc1cscn1)N1CCC(COc2ccccc2)CC1. The van der Waals surface area contributed by atoms with Gasteiger partial charge in [0.25, 0.3) is 5.91 Å². The van der Waals surface area contributed by atoms with Gasteiger partial charge in [-0.2, -0.15) is 0 Å². The second-order valence-electron chi connectivity index (χ2n) is 7.12. The zero-order valence-electron chi connectivity index (χ0n) is 16.2. The summed E-state index contributed by atoms with van der Waals surface area (Å²) < 4.78 is 5.90. The van der Waals surface area contributed by atoms with E-state index in [1.54, 1.807) is 23.1 Å². The zero-order valence-corrected chi connectivity index (χ0v) is 17.8. The maximum atomic E-state index is 13.1. The maximum Gasteiger partial charge on any atom is 0.254 e. The molecule has 6 heteroatoms. The van der Waals surface area contributed by atoms with Gasteiger partial charge in [-0.25, -0.2) is 4.98 Å². The molecule has 0 bridgehead atoms. The molecule has 0 unspecified atom stereocenters. The number of thiazole rings is 1. The molecule has 2 heterocycles. The van der Waals surface area contributed by atoms with Crippen molar-refractivity contribution in [2.75, 3.05) is 19.7 Å². The first-order chi connectivity index (χ1) is 14.3. The number of ether oxygens (including phenoxy) is 1. The molecule has 3 aromatic rings. The number of rotatable bonds is 7. The number of aromatic nitrogens is 1. The Kier molecular flexibility index (Phi) is 6.85. The van der Waals surface area contributed by atoms with Crippen LogP contribution in [0.15, 0.2) is 70.4 Å². The molecule has 0 spiro atoms. The molecule has 1 aromatic heterocycles. The largest absolute Gasteiger partial charge is 0.493 e. The molecule has 1 fully saturated rings. The van der Waals surface area contributed by atoms with Crippen LogP contribution in [-0.2, 0) is 5.75 Å². The number of nitrogens with zero attached hydrogens (tertiary/aromatic N) is 2. The summed E-state index contributed by atoms with van der Waals surface area (Å²) in [6, 6.07) is 17.8. The summed E-state index contributed by atoms with van der Waals surface area (Å²) in [7, 11) is 0. The second kappa shape index (κ2) is 9.94. The van der Waals surface area contributed by atoms with E-state index in [0.717, 1.165) is 53.6 Å². The number of piperidine rings is 1. The molecule has 150 valence electrons. The highest BCUT2D eigenvalue weighted by atomic mass is 32.2. The van der Waals surface area contributed by atoms with Crippen molar-refractivity contribution in [1.29, 1.82) is 0 Å². The van der Waals surface area contributed by atoms with Gasteiger partial charge in [0.1, 0.15) is 5.75 Å². The highest BCUT2D eigenvalue weighted by molar-refractivity contribution is 7.98. The maximum absolute atomic E-state index is 13.1. The topological polar surface area (TPSA) is 42.4 Å². The van der Waals surface area contributed by atoms with Crippen LogP contribution in [0, 0.1) is 5.92 Å². The fraction of sp³-hybridized carbons (Fsp3) is 0.304. The van der Waals surface area contributed by atoms with E-state index in [2.05, 4.69) is 10.4 Å². The van der Waals surface area contributed by atoms with Crippen molar-refractivity contribution in [3.05, 3.63) is 76.7 Å². The summed E-state index contributed by atoms with van der Waals surface area (Å²) in [5.74, 6) is 2.33. The van der Waals surface area contributed by atoms with Crippen LogP contribution in [0.3, 0.4) is 0 Å².